The summed E-state index contributed by atoms with van der Waals surface area (Å²) in [4.78, 5) is 43.2. The van der Waals surface area contributed by atoms with Crippen molar-refractivity contribution >= 4 is 17.9 Å². The topological polar surface area (TPSA) is 130 Å². The van der Waals surface area contributed by atoms with E-state index in [2.05, 4.69) is 11.0 Å². The highest BCUT2D eigenvalue weighted by Gasteiger charge is 2.72. The molecular weight excluding hydrogens is 618 g/mol. The van der Waals surface area contributed by atoms with Gasteiger partial charge in [-0.3, -0.25) is 0 Å². The second-order valence-corrected chi connectivity index (χ2v) is 15.1. The number of aliphatic hydroxyl groups is 1. The summed E-state index contributed by atoms with van der Waals surface area (Å²) in [5.41, 5.74) is 0.669. The van der Waals surface area contributed by atoms with Crippen LogP contribution in [0.15, 0.2) is 54.3 Å². The molecule has 11 heteroatoms. The quantitative estimate of drug-likeness (QED) is 0.357. The predicted molar refractivity (Wildman–Crippen MR) is 171 cm³/mol. The number of piperidine rings is 1. The number of carbonyl (C=O) groups excluding carboxylic acids is 3. The van der Waals surface area contributed by atoms with Crippen molar-refractivity contribution in [2.45, 2.75) is 114 Å². The van der Waals surface area contributed by atoms with Crippen molar-refractivity contribution < 1.29 is 47.9 Å². The van der Waals surface area contributed by atoms with Gasteiger partial charge in [-0.1, -0.05) is 42.5 Å². The maximum absolute atomic E-state index is 14.0. The largest absolute Gasteiger partial charge is 0.481 e. The van der Waals surface area contributed by atoms with Gasteiger partial charge < -0.3 is 38.4 Å². The number of likely N-dealkylation sites (tertiary alicyclic amines) is 1. The van der Waals surface area contributed by atoms with E-state index < -0.39 is 64.7 Å². The van der Waals surface area contributed by atoms with Gasteiger partial charge in [0.2, 0.25) is 6.10 Å². The first-order chi connectivity index (χ1) is 22.5. The molecule has 2 fully saturated rings. The highest BCUT2D eigenvalue weighted by Crippen LogP contribution is 2.64. The Labute approximate surface area is 280 Å². The van der Waals surface area contributed by atoms with Crippen molar-refractivity contribution in [3.63, 3.8) is 0 Å². The van der Waals surface area contributed by atoms with E-state index in [-0.39, 0.29) is 18.2 Å². The van der Waals surface area contributed by atoms with E-state index in [9.17, 15) is 19.5 Å². The summed E-state index contributed by atoms with van der Waals surface area (Å²) in [6, 6.07) is 12.5. The van der Waals surface area contributed by atoms with Gasteiger partial charge in [0.25, 0.3) is 0 Å². The predicted octanol–water partition coefficient (Wildman–Crippen LogP) is 3.96. The molecule has 2 saturated heterocycles. The van der Waals surface area contributed by atoms with E-state index in [1.165, 1.54) is 0 Å². The first-order valence-corrected chi connectivity index (χ1v) is 16.5. The minimum Gasteiger partial charge on any atom is -0.481 e. The van der Waals surface area contributed by atoms with Crippen LogP contribution in [0.1, 0.15) is 75.8 Å². The number of hydrogen-bond donors (Lipinski definition) is 1. The Morgan fingerprint density at radius 2 is 1.71 bits per heavy atom. The zero-order valence-corrected chi connectivity index (χ0v) is 28.4. The fourth-order valence-corrected chi connectivity index (χ4v) is 8.28. The Morgan fingerprint density at radius 1 is 1.02 bits per heavy atom. The van der Waals surface area contributed by atoms with Crippen molar-refractivity contribution in [1.82, 2.24) is 4.90 Å². The van der Waals surface area contributed by atoms with Crippen LogP contribution in [0.5, 0.6) is 5.75 Å². The molecule has 0 unspecified atom stereocenters. The van der Waals surface area contributed by atoms with Crippen LogP contribution in [-0.2, 0) is 49.9 Å². The van der Waals surface area contributed by atoms with E-state index >= 15 is 0 Å². The number of esters is 3. The van der Waals surface area contributed by atoms with Crippen molar-refractivity contribution in [3.8, 4) is 5.75 Å². The Kier molecular flexibility index (Phi) is 7.60. The molecule has 256 valence electrons. The summed E-state index contributed by atoms with van der Waals surface area (Å²) in [5.74, 6) is -3.00. The van der Waals surface area contributed by atoms with Crippen LogP contribution in [0.3, 0.4) is 0 Å². The van der Waals surface area contributed by atoms with Crippen molar-refractivity contribution in [2.75, 3.05) is 13.6 Å². The number of nitrogens with zero attached hydrogens (tertiary/aromatic N) is 1. The molecule has 3 aliphatic heterocycles. The Morgan fingerprint density at radius 3 is 2.40 bits per heavy atom. The van der Waals surface area contributed by atoms with E-state index in [0.717, 1.165) is 29.0 Å². The van der Waals surface area contributed by atoms with Gasteiger partial charge in [0.15, 0.2) is 24.1 Å². The molecule has 2 aromatic carbocycles. The number of carbonyl (C=O) groups is 3. The number of rotatable bonds is 6. The van der Waals surface area contributed by atoms with Gasteiger partial charge in [-0.15, -0.1) is 0 Å². The van der Waals surface area contributed by atoms with Gasteiger partial charge in [-0.05, 0) is 85.2 Å². The lowest BCUT2D eigenvalue weighted by Crippen LogP contribution is -2.74. The van der Waals surface area contributed by atoms with E-state index in [1.807, 2.05) is 20.0 Å². The molecule has 0 amide bonds. The lowest BCUT2D eigenvalue weighted by molar-refractivity contribution is -0.186. The Hall–Kier alpha value is -3.77. The molecule has 2 aromatic rings. The van der Waals surface area contributed by atoms with Crippen LogP contribution in [0.2, 0.25) is 0 Å². The number of aryl methyl sites for hydroxylation is 1. The number of hydrogen-bond acceptors (Lipinski definition) is 11. The molecule has 48 heavy (non-hydrogen) atoms. The summed E-state index contributed by atoms with van der Waals surface area (Å²) < 4.78 is 35.8. The number of likely N-dealkylation sites (N-methyl/N-ethyl adjacent to an activating group) is 1. The van der Waals surface area contributed by atoms with E-state index in [0.29, 0.717) is 18.4 Å². The smallest absolute Gasteiger partial charge is 0.352 e. The molecule has 1 N–H and O–H groups in total. The molecule has 0 aromatic heterocycles. The number of ether oxygens (including phenoxy) is 6. The number of benzene rings is 2. The van der Waals surface area contributed by atoms with Gasteiger partial charge in [-0.2, -0.15) is 0 Å². The fourth-order valence-electron chi connectivity index (χ4n) is 8.28. The highest BCUT2D eigenvalue weighted by atomic mass is 16.8. The summed E-state index contributed by atoms with van der Waals surface area (Å²) in [6.07, 6.45) is -1.95. The minimum absolute atomic E-state index is 0.138. The second kappa shape index (κ2) is 11.1. The molecule has 0 saturated carbocycles. The first kappa shape index (κ1) is 32.8. The standard InChI is InChI=1S/C37H43NO10/c1-20-13-14-22-19-24-37(42)16-15-23(30-36(37,17-18-38(24)7)25(22)26(20)44-30)43-31(39)28-29(47-35(5,6)46-28)32(40)45-27(21-11-9-8-10-12-21)33(41)48-34(2,3)4/h8-15,24,27-30,42H,16-19H2,1-7H3/t24-,27+,28-,29-,30+,36+,37-/m1/s1. The Balaban J connectivity index is 1.17. The zero-order chi connectivity index (χ0) is 34.4. The lowest BCUT2D eigenvalue weighted by atomic mass is 9.50. The van der Waals surface area contributed by atoms with Crippen LogP contribution in [0.25, 0.3) is 0 Å². The Bertz CT molecular complexity index is 1700. The summed E-state index contributed by atoms with van der Waals surface area (Å²) >= 11 is 0. The van der Waals surface area contributed by atoms with Crippen LogP contribution in [0.4, 0.5) is 0 Å². The van der Waals surface area contributed by atoms with E-state index in [4.69, 9.17) is 28.4 Å². The van der Waals surface area contributed by atoms with Gasteiger partial charge in [0, 0.05) is 23.6 Å². The fraction of sp³-hybridized carbons (Fsp3) is 0.541. The zero-order valence-electron chi connectivity index (χ0n) is 28.4. The van der Waals surface area contributed by atoms with Crippen LogP contribution in [0, 0.1) is 6.92 Å². The third kappa shape index (κ3) is 5.05. The molecule has 3 heterocycles. The summed E-state index contributed by atoms with van der Waals surface area (Å²) in [6.45, 7) is 11.0. The molecule has 1 spiro atoms. The maximum atomic E-state index is 14.0. The summed E-state index contributed by atoms with van der Waals surface area (Å²) in [7, 11) is 2.03. The highest BCUT2D eigenvalue weighted by molar-refractivity contribution is 5.89. The second-order valence-electron chi connectivity index (χ2n) is 15.1. The molecule has 11 nitrogen and oxygen atoms in total. The van der Waals surface area contributed by atoms with Crippen LogP contribution >= 0.6 is 0 Å². The van der Waals surface area contributed by atoms with Gasteiger partial charge in [0.1, 0.15) is 17.1 Å². The minimum atomic E-state index is -1.54. The first-order valence-electron chi connectivity index (χ1n) is 16.5. The molecule has 2 bridgehead atoms. The lowest BCUT2D eigenvalue weighted by Gasteiger charge is -2.61. The average Bonchev–Trinajstić information content (AvgIpc) is 3.55. The maximum Gasteiger partial charge on any atom is 0.352 e. The molecule has 7 atom stereocenters. The monoisotopic (exact) mass is 661 g/mol. The van der Waals surface area contributed by atoms with Crippen LogP contribution < -0.4 is 4.74 Å². The molecule has 5 aliphatic rings. The van der Waals surface area contributed by atoms with Crippen molar-refractivity contribution in [2.24, 2.45) is 0 Å². The van der Waals surface area contributed by atoms with Gasteiger partial charge in [-0.25, -0.2) is 14.4 Å². The van der Waals surface area contributed by atoms with Gasteiger partial charge in [0.05, 0.1) is 11.0 Å². The van der Waals surface area contributed by atoms with Crippen molar-refractivity contribution in [1.29, 1.82) is 0 Å². The third-order valence-corrected chi connectivity index (χ3v) is 10.3. The average molecular weight is 662 g/mol. The normalized spacial score (nSPS) is 32.0. The van der Waals surface area contributed by atoms with Crippen molar-refractivity contribution in [3.05, 3.63) is 76.6 Å². The third-order valence-electron chi connectivity index (χ3n) is 10.3. The SMILES string of the molecule is Cc1ccc2c3c1O[C@H]1C(OC(=O)[C@@H]4OC(C)(C)O[C@H]4C(=O)O[C@H](C(=O)OC(C)(C)C)c4ccccc4)=CC[C@@]4(O)[C@@H](C2)N(C)CC[C@]314. The summed E-state index contributed by atoms with van der Waals surface area (Å²) in [5, 5.41) is 12.5. The molecular formula is C37H43NO10. The van der Waals surface area contributed by atoms with Gasteiger partial charge >= 0.3 is 17.9 Å². The molecule has 0 radical (unpaired) electrons. The van der Waals surface area contributed by atoms with E-state index in [1.54, 1.807) is 71.0 Å². The molecule has 7 rings (SSSR count). The molecule has 2 aliphatic carbocycles. The van der Waals surface area contributed by atoms with Crippen LogP contribution in [-0.4, -0.2) is 82.8 Å².